The average molecular weight is 371 g/mol. The van der Waals surface area contributed by atoms with Crippen molar-refractivity contribution in [2.45, 2.75) is 19.4 Å². The highest BCUT2D eigenvalue weighted by Gasteiger charge is 2.29. The van der Waals surface area contributed by atoms with Crippen LogP contribution in [0.2, 0.25) is 5.02 Å². The quantitative estimate of drug-likeness (QED) is 0.697. The van der Waals surface area contributed by atoms with Crippen molar-refractivity contribution in [2.24, 2.45) is 0 Å². The molecule has 1 aliphatic rings. The van der Waals surface area contributed by atoms with Gasteiger partial charge in [0.1, 0.15) is 0 Å². The number of hydrogen-bond acceptors (Lipinski definition) is 2. The molecule has 0 aliphatic carbocycles. The van der Waals surface area contributed by atoms with Gasteiger partial charge in [0, 0.05) is 21.5 Å². The molecule has 1 unspecified atom stereocenters. The number of rotatable bonds is 1. The van der Waals surface area contributed by atoms with E-state index in [9.17, 15) is 4.79 Å². The van der Waals surface area contributed by atoms with Crippen molar-refractivity contribution in [1.82, 2.24) is 4.90 Å². The van der Waals surface area contributed by atoms with Crippen LogP contribution in [0.5, 0.6) is 0 Å². The Labute approximate surface area is 135 Å². The number of carbonyl (C=O) groups excluding carboxylic acids is 1. The lowest BCUT2D eigenvalue weighted by molar-refractivity contribution is 0.0679. The first-order valence-electron chi connectivity index (χ1n) is 6.40. The molecule has 2 nitrogen and oxygen atoms in total. The summed E-state index contributed by atoms with van der Waals surface area (Å²) in [7, 11) is 0. The van der Waals surface area contributed by atoms with Gasteiger partial charge in [-0.1, -0.05) is 11.6 Å². The minimum atomic E-state index is 0.0451. The Balaban J connectivity index is 1.90. The predicted molar refractivity (Wildman–Crippen MR) is 86.6 cm³/mol. The molecular weight excluding hydrogens is 358 g/mol. The summed E-state index contributed by atoms with van der Waals surface area (Å²) in [5.41, 5.74) is 1.92. The van der Waals surface area contributed by atoms with Gasteiger partial charge in [0.25, 0.3) is 5.91 Å². The van der Waals surface area contributed by atoms with Gasteiger partial charge in [-0.2, -0.15) is 0 Å². The highest BCUT2D eigenvalue weighted by molar-refractivity contribution is 9.10. The van der Waals surface area contributed by atoms with E-state index in [2.05, 4.69) is 34.3 Å². The van der Waals surface area contributed by atoms with Crippen LogP contribution in [-0.4, -0.2) is 17.4 Å². The third-order valence-electron chi connectivity index (χ3n) is 3.70. The molecule has 1 aromatic carbocycles. The summed E-state index contributed by atoms with van der Waals surface area (Å²) >= 11 is 11.2. The summed E-state index contributed by atoms with van der Waals surface area (Å²) in [5.74, 6) is 0.0451. The molecule has 0 saturated carbocycles. The molecule has 2 heterocycles. The standard InChI is InChI=1S/C15H13BrClNOS/c1-9-11-5-7-20-14(11)4-6-18(9)15(19)10-2-3-12(16)13(17)8-10/h2-3,5,7-9H,4,6H2,1H3. The van der Waals surface area contributed by atoms with Gasteiger partial charge in [-0.3, -0.25) is 4.79 Å². The second kappa shape index (κ2) is 5.51. The normalized spacial score (nSPS) is 17.9. The number of halogens is 2. The Hall–Kier alpha value is -0.840. The van der Waals surface area contributed by atoms with E-state index >= 15 is 0 Å². The molecule has 1 aliphatic heterocycles. The van der Waals surface area contributed by atoms with Crippen LogP contribution in [0.1, 0.15) is 33.8 Å². The molecule has 0 radical (unpaired) electrons. The van der Waals surface area contributed by atoms with Gasteiger partial charge in [-0.15, -0.1) is 11.3 Å². The van der Waals surface area contributed by atoms with Crippen molar-refractivity contribution in [3.63, 3.8) is 0 Å². The van der Waals surface area contributed by atoms with E-state index in [0.29, 0.717) is 10.6 Å². The number of hydrogen-bond donors (Lipinski definition) is 0. The van der Waals surface area contributed by atoms with Crippen LogP contribution in [-0.2, 0) is 6.42 Å². The van der Waals surface area contributed by atoms with Gasteiger partial charge in [0.15, 0.2) is 0 Å². The Morgan fingerprint density at radius 2 is 2.25 bits per heavy atom. The fourth-order valence-electron chi connectivity index (χ4n) is 2.58. The topological polar surface area (TPSA) is 20.3 Å². The summed E-state index contributed by atoms with van der Waals surface area (Å²) in [4.78, 5) is 16.0. The van der Waals surface area contributed by atoms with Crippen molar-refractivity contribution >= 4 is 44.8 Å². The van der Waals surface area contributed by atoms with Gasteiger partial charge >= 0.3 is 0 Å². The van der Waals surface area contributed by atoms with Gasteiger partial charge < -0.3 is 4.90 Å². The van der Waals surface area contributed by atoms with E-state index in [1.165, 1.54) is 10.4 Å². The summed E-state index contributed by atoms with van der Waals surface area (Å²) in [6.07, 6.45) is 0.938. The van der Waals surface area contributed by atoms with Gasteiger partial charge in [-0.25, -0.2) is 0 Å². The Kier molecular flexibility index (Phi) is 3.89. The molecule has 0 fully saturated rings. The van der Waals surface area contributed by atoms with E-state index in [4.69, 9.17) is 11.6 Å². The lowest BCUT2D eigenvalue weighted by Crippen LogP contribution is -2.38. The average Bonchev–Trinajstić information content (AvgIpc) is 2.91. The fourth-order valence-corrected chi connectivity index (χ4v) is 3.97. The van der Waals surface area contributed by atoms with Crippen LogP contribution in [0.25, 0.3) is 0 Å². The number of nitrogens with zero attached hydrogens (tertiary/aromatic N) is 1. The van der Waals surface area contributed by atoms with Crippen molar-refractivity contribution in [2.75, 3.05) is 6.54 Å². The first-order chi connectivity index (χ1) is 9.58. The number of amides is 1. The van der Waals surface area contributed by atoms with E-state index in [0.717, 1.165) is 17.4 Å². The molecule has 3 rings (SSSR count). The smallest absolute Gasteiger partial charge is 0.254 e. The maximum atomic E-state index is 12.7. The zero-order chi connectivity index (χ0) is 14.3. The maximum Gasteiger partial charge on any atom is 0.254 e. The number of benzene rings is 1. The van der Waals surface area contributed by atoms with Crippen LogP contribution in [0, 0.1) is 0 Å². The summed E-state index contributed by atoms with van der Waals surface area (Å²) in [5, 5.41) is 2.67. The third kappa shape index (κ3) is 2.41. The molecule has 0 spiro atoms. The lowest BCUT2D eigenvalue weighted by atomic mass is 10.0. The molecule has 1 amide bonds. The number of thiophene rings is 1. The van der Waals surface area contributed by atoms with Crippen molar-refractivity contribution in [1.29, 1.82) is 0 Å². The molecule has 20 heavy (non-hydrogen) atoms. The van der Waals surface area contributed by atoms with Crippen LogP contribution in [0.15, 0.2) is 34.1 Å². The first kappa shape index (κ1) is 14.1. The highest BCUT2D eigenvalue weighted by atomic mass is 79.9. The molecule has 0 N–H and O–H groups in total. The number of fused-ring (bicyclic) bond motifs is 1. The highest BCUT2D eigenvalue weighted by Crippen LogP contribution is 2.34. The molecule has 0 saturated heterocycles. The Morgan fingerprint density at radius 3 is 3.00 bits per heavy atom. The molecule has 2 aromatic rings. The van der Waals surface area contributed by atoms with E-state index in [1.54, 1.807) is 17.4 Å². The largest absolute Gasteiger partial charge is 0.331 e. The second-order valence-electron chi connectivity index (χ2n) is 4.85. The van der Waals surface area contributed by atoms with Gasteiger partial charge in [0.05, 0.1) is 11.1 Å². The second-order valence-corrected chi connectivity index (χ2v) is 7.11. The monoisotopic (exact) mass is 369 g/mol. The molecular formula is C15H13BrClNOS. The molecule has 1 atom stereocenters. The predicted octanol–water partition coefficient (Wildman–Crippen LogP) is 4.92. The molecule has 1 aromatic heterocycles. The van der Waals surface area contributed by atoms with Crippen molar-refractivity contribution in [3.8, 4) is 0 Å². The van der Waals surface area contributed by atoms with Crippen LogP contribution >= 0.6 is 38.9 Å². The first-order valence-corrected chi connectivity index (χ1v) is 8.45. The summed E-state index contributed by atoms with van der Waals surface area (Å²) in [6.45, 7) is 2.85. The SMILES string of the molecule is CC1c2ccsc2CCN1C(=O)c1ccc(Br)c(Cl)c1. The van der Waals surface area contributed by atoms with E-state index < -0.39 is 0 Å². The van der Waals surface area contributed by atoms with E-state index in [1.807, 2.05) is 17.0 Å². The van der Waals surface area contributed by atoms with Crippen molar-refractivity contribution < 1.29 is 4.79 Å². The van der Waals surface area contributed by atoms with E-state index in [-0.39, 0.29) is 11.9 Å². The lowest BCUT2D eigenvalue weighted by Gasteiger charge is -2.33. The Morgan fingerprint density at radius 1 is 1.45 bits per heavy atom. The fraction of sp³-hybridized carbons (Fsp3) is 0.267. The number of carbonyl (C=O) groups is 1. The zero-order valence-corrected chi connectivity index (χ0v) is 14.1. The zero-order valence-electron chi connectivity index (χ0n) is 10.9. The Bertz CT molecular complexity index is 670. The van der Waals surface area contributed by atoms with Gasteiger partial charge in [-0.05, 0) is 64.5 Å². The molecule has 5 heteroatoms. The van der Waals surface area contributed by atoms with Crippen LogP contribution in [0.3, 0.4) is 0 Å². The molecule has 0 bridgehead atoms. The maximum absolute atomic E-state index is 12.7. The molecule has 104 valence electrons. The minimum Gasteiger partial charge on any atom is -0.331 e. The van der Waals surface area contributed by atoms with Gasteiger partial charge in [0.2, 0.25) is 0 Å². The third-order valence-corrected chi connectivity index (χ3v) is 5.93. The van der Waals surface area contributed by atoms with Crippen LogP contribution < -0.4 is 0 Å². The minimum absolute atomic E-state index is 0.0451. The van der Waals surface area contributed by atoms with Crippen LogP contribution in [0.4, 0.5) is 0 Å². The summed E-state index contributed by atoms with van der Waals surface area (Å²) in [6, 6.07) is 7.61. The van der Waals surface area contributed by atoms with Crippen molar-refractivity contribution in [3.05, 3.63) is 55.1 Å². The summed E-state index contributed by atoms with van der Waals surface area (Å²) < 4.78 is 0.808.